The molecule has 6 saturated heterocycles. The number of ether oxygens (including phenoxy) is 1. The highest BCUT2D eigenvalue weighted by Crippen LogP contribution is 2.44. The minimum atomic E-state index is -2.32. The number of thioether (sulfide) groups is 2. The lowest BCUT2D eigenvalue weighted by Gasteiger charge is -2.44. The summed E-state index contributed by atoms with van der Waals surface area (Å²) in [5, 5.41) is 18.6. The van der Waals surface area contributed by atoms with E-state index in [0.717, 1.165) is 47.1 Å². The highest BCUT2D eigenvalue weighted by Gasteiger charge is 2.44. The number of hydrogen-bond acceptors (Lipinski definition) is 14. The van der Waals surface area contributed by atoms with Crippen molar-refractivity contribution in [3.05, 3.63) is 45.1 Å². The highest BCUT2D eigenvalue weighted by atomic mass is 32.2. The molecule has 0 aromatic carbocycles. The Kier molecular flexibility index (Phi) is 39.0. The number of rotatable bonds is 4. The third-order valence-electron chi connectivity index (χ3n) is 17.9. The number of amides is 5. The van der Waals surface area contributed by atoms with Crippen molar-refractivity contribution in [1.29, 1.82) is 0 Å². The second kappa shape index (κ2) is 39.7. The maximum atomic E-state index is 11.6. The number of alkyl carbamates (subject to hydrolysis) is 1. The van der Waals surface area contributed by atoms with Crippen molar-refractivity contribution in [2.24, 2.45) is 72.4 Å². The molecule has 6 N–H and O–H groups in total. The van der Waals surface area contributed by atoms with Crippen LogP contribution in [0.1, 0.15) is 298 Å². The van der Waals surface area contributed by atoms with E-state index in [9.17, 15) is 38.1 Å². The Bertz CT molecular complexity index is 2870. The van der Waals surface area contributed by atoms with Crippen molar-refractivity contribution in [2.45, 2.75) is 315 Å². The van der Waals surface area contributed by atoms with Crippen molar-refractivity contribution in [1.82, 2.24) is 40.4 Å². The summed E-state index contributed by atoms with van der Waals surface area (Å²) in [5.41, 5.74) is 2.87. The zero-order valence-electron chi connectivity index (χ0n) is 71.3. The number of imide groups is 1. The van der Waals surface area contributed by atoms with Crippen LogP contribution >= 0.6 is 23.5 Å². The first-order chi connectivity index (χ1) is 44.7. The summed E-state index contributed by atoms with van der Waals surface area (Å²) in [6, 6.07) is 0. The lowest BCUT2D eigenvalue weighted by atomic mass is 9.69. The van der Waals surface area contributed by atoms with Crippen LogP contribution in [0.2, 0.25) is 0 Å². The molecular weight excluding hydrogens is 1330 g/mol. The Hall–Kier alpha value is -3.85. The number of carbonyl (C=O) groups excluding carboxylic acids is 5. The molecule has 590 valence electrons. The van der Waals surface area contributed by atoms with Gasteiger partial charge in [0.25, 0.3) is 11.5 Å². The fraction of sp³-hybridized carbons (Fsp3) is 0.827. The maximum absolute atomic E-state index is 11.6. The molecule has 5 amide bonds. The lowest BCUT2D eigenvalue weighted by molar-refractivity contribution is -0.124. The van der Waals surface area contributed by atoms with E-state index in [4.69, 9.17) is 4.74 Å². The van der Waals surface area contributed by atoms with Crippen LogP contribution in [-0.2, 0) is 39.0 Å². The van der Waals surface area contributed by atoms with Gasteiger partial charge < -0.3 is 35.3 Å². The summed E-state index contributed by atoms with van der Waals surface area (Å²) < 4.78 is 18.3. The first-order valence-corrected chi connectivity index (χ1v) is 40.5. The van der Waals surface area contributed by atoms with E-state index in [-0.39, 0.29) is 72.4 Å². The summed E-state index contributed by atoms with van der Waals surface area (Å²) in [6.45, 7) is 85.9. The lowest BCUT2D eigenvalue weighted by Crippen LogP contribution is -2.49. The van der Waals surface area contributed by atoms with Gasteiger partial charge in [-0.15, -0.1) is 0 Å². The Morgan fingerprint density at radius 2 is 0.980 bits per heavy atom. The Morgan fingerprint density at radius 1 is 0.574 bits per heavy atom. The monoisotopic (exact) mass is 1480 g/mol. The van der Waals surface area contributed by atoms with Gasteiger partial charge in [-0.25, -0.2) is 14.0 Å². The molecular formula is C81H154N8O9S3. The number of likely N-dealkylation sites (tertiary alicyclic amines) is 2. The van der Waals surface area contributed by atoms with Crippen LogP contribution in [0.15, 0.2) is 28.0 Å². The first-order valence-electron chi connectivity index (χ1n) is 37.0. The third-order valence-corrected chi connectivity index (χ3v) is 21.6. The SMILES string of the molecule is C=C1NC(=O)C(C)(CC(C)(C)C)S1.C=C1NC(=O)C(CC(C)(C)C)S1.C=S1(=O)CC(CC(C)(C)C)C(=O)N1.CC(C)(C)C1CCC1.CC(C)(C)CC1OC(=O)NC1=O.CCC(C)(C)C.CCC(C)(C)C.CN1CC(C(C)(C)C)C1.CN1CC(C(C)(C)C)C1.Cc1nc(C(C)(C)C)c(O)c(=O)[nH]1. The van der Waals surface area contributed by atoms with Gasteiger partial charge in [-0.2, -0.15) is 0 Å². The molecule has 5 atom stereocenters. The van der Waals surface area contributed by atoms with E-state index in [0.29, 0.717) is 50.8 Å². The molecule has 17 nitrogen and oxygen atoms in total. The topological polar surface area (TPSA) is 232 Å². The number of aromatic nitrogens is 2. The van der Waals surface area contributed by atoms with Crippen LogP contribution in [0.25, 0.3) is 0 Å². The molecule has 1 saturated carbocycles. The molecule has 7 fully saturated rings. The van der Waals surface area contributed by atoms with Gasteiger partial charge in [-0.05, 0) is 139 Å². The van der Waals surface area contributed by atoms with Gasteiger partial charge in [-0.1, -0.05) is 278 Å². The van der Waals surface area contributed by atoms with Crippen molar-refractivity contribution in [2.75, 3.05) is 46.0 Å². The van der Waals surface area contributed by atoms with Gasteiger partial charge in [0.15, 0.2) is 6.10 Å². The fourth-order valence-electron chi connectivity index (χ4n) is 10.4. The zero-order valence-corrected chi connectivity index (χ0v) is 73.7. The first kappa shape index (κ1) is 99.2. The maximum Gasteiger partial charge on any atom is 0.414 e. The van der Waals surface area contributed by atoms with Crippen LogP contribution < -0.4 is 26.2 Å². The van der Waals surface area contributed by atoms with Crippen molar-refractivity contribution < 1.29 is 38.0 Å². The number of cyclic esters (lactones) is 1. The fourth-order valence-corrected chi connectivity index (χ4v) is 14.6. The number of hydrogen-bond donors (Lipinski definition) is 6. The standard InChI is InChI=1S/C10H17NOS.C9H14N2O2.C9H17NO2S.C9H15NOS.C8H13NO3.2C8H17N.C8H16.2C6H14/c1-7-11-8(12)10(5,13-7)6-9(2,3)4;1-5-10-7(9(2,3)4)6(12)8(13)11-5;1-9(2,3)5-7-6-13(4,12)10-8(7)11;1-6-10-8(11)7(12-6)5-9(2,3)4;1-8(2,3)4-5-6(10)9-7(11)12-5;2*1-8(2,3)7-5-9(4)6-7;1-8(2,3)7-5-4-6-7;2*1-5-6(2,3)4/h1,6H2,2-5H3,(H,11,12);12H,1-4H3,(H,10,11,13);7H,4-6H2,1-3H3,(H,10,11,12);7H,1,5H2,2-4H3,(H,10,11);5H,4H2,1-3H3,(H,9,10,11);2*7H,5-6H2,1-4H3;7H,4-6H2,1-3H3;2*5H2,1-4H3. The highest BCUT2D eigenvalue weighted by molar-refractivity contribution is 8.05. The number of aryl methyl sites for hydroxylation is 1. The summed E-state index contributed by atoms with van der Waals surface area (Å²) >= 11 is 3.09. The largest absolute Gasteiger partial charge is 0.502 e. The summed E-state index contributed by atoms with van der Waals surface area (Å²) in [4.78, 5) is 78.2. The predicted molar refractivity (Wildman–Crippen MR) is 436 cm³/mol. The van der Waals surface area contributed by atoms with Gasteiger partial charge in [0.05, 0.1) is 31.7 Å². The number of nitrogens with one attached hydrogen (secondary N) is 5. The predicted octanol–water partition coefficient (Wildman–Crippen LogP) is 18.5. The molecule has 20 heteroatoms. The molecule has 0 bridgehead atoms. The minimum absolute atomic E-state index is 0.00731. The molecule has 7 heterocycles. The molecule has 0 spiro atoms. The zero-order chi connectivity index (χ0) is 80.2. The summed E-state index contributed by atoms with van der Waals surface area (Å²) in [5.74, 6) is 6.68. The van der Waals surface area contributed by atoms with Gasteiger partial charge in [0.2, 0.25) is 23.5 Å². The molecule has 0 radical (unpaired) electrons. The molecule has 7 aliphatic rings. The van der Waals surface area contributed by atoms with Crippen LogP contribution in [0.4, 0.5) is 4.79 Å². The number of nitrogens with zero attached hydrogens (tertiary/aromatic N) is 3. The summed E-state index contributed by atoms with van der Waals surface area (Å²) in [6.07, 6.45) is 8.84. The van der Waals surface area contributed by atoms with Crippen molar-refractivity contribution in [3.63, 3.8) is 0 Å². The number of carbonyl (C=O) groups is 5. The van der Waals surface area contributed by atoms with E-state index in [1.54, 1.807) is 30.4 Å². The van der Waals surface area contributed by atoms with Crippen LogP contribution in [0.3, 0.4) is 0 Å². The van der Waals surface area contributed by atoms with Gasteiger partial charge in [0, 0.05) is 47.1 Å². The van der Waals surface area contributed by atoms with E-state index < -0.39 is 27.5 Å². The Balaban J connectivity index is 0. The number of aromatic amines is 1. The smallest absolute Gasteiger partial charge is 0.414 e. The van der Waals surface area contributed by atoms with E-state index >= 15 is 0 Å². The number of aromatic hydroxyl groups is 1. The minimum Gasteiger partial charge on any atom is -0.502 e. The van der Waals surface area contributed by atoms with Crippen LogP contribution in [0, 0.1) is 79.3 Å². The Morgan fingerprint density at radius 3 is 1.21 bits per heavy atom. The molecule has 1 aromatic rings. The number of H-pyrrole nitrogens is 1. The average Bonchev–Trinajstić information content (AvgIpc) is 1.80. The van der Waals surface area contributed by atoms with Crippen LogP contribution in [-0.4, -0.2) is 127 Å². The van der Waals surface area contributed by atoms with Crippen molar-refractivity contribution in [3.8, 4) is 5.75 Å². The second-order valence-electron chi connectivity index (χ2n) is 40.8. The van der Waals surface area contributed by atoms with Crippen LogP contribution in [0.5, 0.6) is 5.75 Å². The quantitative estimate of drug-likeness (QED) is 0.154. The van der Waals surface area contributed by atoms with E-state index in [1.165, 1.54) is 58.3 Å². The molecule has 5 unspecified atom stereocenters. The Labute approximate surface area is 627 Å². The molecule has 1 aromatic heterocycles. The average molecular weight is 1480 g/mol. The van der Waals surface area contributed by atoms with E-state index in [2.05, 4.69) is 254 Å². The molecule has 101 heavy (non-hydrogen) atoms. The summed E-state index contributed by atoms with van der Waals surface area (Å²) in [7, 11) is 2.05. The van der Waals surface area contributed by atoms with Gasteiger partial charge >= 0.3 is 6.09 Å². The second-order valence-corrected chi connectivity index (χ2v) is 45.8. The third kappa shape index (κ3) is 44.7. The van der Waals surface area contributed by atoms with Crippen molar-refractivity contribution >= 4 is 68.8 Å². The normalized spacial score (nSPS) is 23.0. The van der Waals surface area contributed by atoms with E-state index in [1.807, 2.05) is 48.5 Å². The van der Waals surface area contributed by atoms with Gasteiger partial charge in [0.1, 0.15) is 5.82 Å². The molecule has 6 aliphatic heterocycles. The molecule has 1 aliphatic carbocycles. The molecule has 8 rings (SSSR count). The van der Waals surface area contributed by atoms with Gasteiger partial charge in [-0.3, -0.25) is 34.0 Å².